The second kappa shape index (κ2) is 5.59. The molecule has 0 saturated heterocycles. The summed E-state index contributed by atoms with van der Waals surface area (Å²) in [6.07, 6.45) is 3.61. The molecule has 0 atom stereocenters. The molecule has 0 radical (unpaired) electrons. The molecule has 0 spiro atoms. The Labute approximate surface area is 121 Å². The van der Waals surface area contributed by atoms with Gasteiger partial charge in [0.2, 0.25) is 0 Å². The third-order valence-electron chi connectivity index (χ3n) is 3.25. The van der Waals surface area contributed by atoms with Crippen molar-refractivity contribution in [1.82, 2.24) is 9.55 Å². The number of nitriles is 1. The second-order valence-corrected chi connectivity index (χ2v) is 4.69. The molecule has 21 heavy (non-hydrogen) atoms. The molecule has 0 fully saturated rings. The van der Waals surface area contributed by atoms with Gasteiger partial charge >= 0.3 is 0 Å². The van der Waals surface area contributed by atoms with Crippen molar-refractivity contribution >= 4 is 0 Å². The van der Waals surface area contributed by atoms with Gasteiger partial charge in [0, 0.05) is 24.5 Å². The van der Waals surface area contributed by atoms with Crippen molar-refractivity contribution in [3.05, 3.63) is 77.9 Å². The van der Waals surface area contributed by atoms with Gasteiger partial charge in [-0.1, -0.05) is 12.1 Å². The molecule has 0 bridgehead atoms. The van der Waals surface area contributed by atoms with E-state index >= 15 is 0 Å². The van der Waals surface area contributed by atoms with Crippen LogP contribution in [-0.2, 0) is 6.54 Å². The van der Waals surface area contributed by atoms with Crippen LogP contribution in [-0.4, -0.2) is 9.55 Å². The fraction of sp³-hybridized carbons (Fsp3) is 0.0588. The lowest BCUT2D eigenvalue weighted by molar-refractivity contribution is 0.628. The molecule has 0 aliphatic carbocycles. The van der Waals surface area contributed by atoms with Crippen LogP contribution < -0.4 is 0 Å². The highest BCUT2D eigenvalue weighted by Crippen LogP contribution is 2.19. The zero-order valence-corrected chi connectivity index (χ0v) is 11.2. The lowest BCUT2D eigenvalue weighted by atomic mass is 10.1. The first-order valence-electron chi connectivity index (χ1n) is 6.52. The third-order valence-corrected chi connectivity index (χ3v) is 3.25. The Morgan fingerprint density at radius 2 is 1.76 bits per heavy atom. The molecule has 3 nitrogen and oxygen atoms in total. The predicted octanol–water partition coefficient (Wildman–Crippen LogP) is 3.61. The molecule has 3 aromatic rings. The number of halogens is 1. The van der Waals surface area contributed by atoms with Crippen LogP contribution >= 0.6 is 0 Å². The number of rotatable bonds is 3. The van der Waals surface area contributed by atoms with Gasteiger partial charge in [0.25, 0.3) is 0 Å². The van der Waals surface area contributed by atoms with E-state index in [-0.39, 0.29) is 5.82 Å². The first kappa shape index (κ1) is 13.1. The lowest BCUT2D eigenvalue weighted by Crippen LogP contribution is -2.01. The van der Waals surface area contributed by atoms with Gasteiger partial charge in [-0.3, -0.25) is 0 Å². The van der Waals surface area contributed by atoms with Gasteiger partial charge in [-0.2, -0.15) is 5.26 Å². The van der Waals surface area contributed by atoms with Crippen LogP contribution in [0.15, 0.2) is 60.9 Å². The highest BCUT2D eigenvalue weighted by atomic mass is 19.1. The SMILES string of the molecule is N#Cc1ccc(Cn2ccnc2-c2ccc(F)cc2)cc1. The van der Waals surface area contributed by atoms with E-state index in [0.29, 0.717) is 12.1 Å². The molecule has 0 aliphatic heterocycles. The first-order valence-corrected chi connectivity index (χ1v) is 6.52. The van der Waals surface area contributed by atoms with Gasteiger partial charge in [-0.25, -0.2) is 9.37 Å². The van der Waals surface area contributed by atoms with E-state index in [1.165, 1.54) is 12.1 Å². The summed E-state index contributed by atoms with van der Waals surface area (Å²) in [5.41, 5.74) is 2.59. The Balaban J connectivity index is 1.88. The van der Waals surface area contributed by atoms with E-state index in [2.05, 4.69) is 11.1 Å². The Morgan fingerprint density at radius 1 is 1.05 bits per heavy atom. The Hall–Kier alpha value is -2.93. The van der Waals surface area contributed by atoms with Crippen LogP contribution in [0.4, 0.5) is 4.39 Å². The van der Waals surface area contributed by atoms with Crippen molar-refractivity contribution in [2.75, 3.05) is 0 Å². The van der Waals surface area contributed by atoms with Crippen LogP contribution in [0.1, 0.15) is 11.1 Å². The molecule has 1 aromatic heterocycles. The number of hydrogen-bond acceptors (Lipinski definition) is 2. The molecule has 4 heteroatoms. The lowest BCUT2D eigenvalue weighted by Gasteiger charge is -2.08. The average molecular weight is 277 g/mol. The summed E-state index contributed by atoms with van der Waals surface area (Å²) in [6, 6.07) is 15.8. The van der Waals surface area contributed by atoms with Crippen molar-refractivity contribution in [3.8, 4) is 17.5 Å². The van der Waals surface area contributed by atoms with E-state index in [1.54, 1.807) is 30.5 Å². The molecular weight excluding hydrogens is 265 g/mol. The maximum atomic E-state index is 13.0. The van der Waals surface area contributed by atoms with Crippen LogP contribution in [0.2, 0.25) is 0 Å². The van der Waals surface area contributed by atoms with Gasteiger partial charge in [0.15, 0.2) is 0 Å². The fourth-order valence-corrected chi connectivity index (χ4v) is 2.18. The zero-order valence-electron chi connectivity index (χ0n) is 11.2. The number of benzene rings is 2. The maximum absolute atomic E-state index is 13.0. The molecule has 0 amide bonds. The van der Waals surface area contributed by atoms with Crippen molar-refractivity contribution in [1.29, 1.82) is 5.26 Å². The van der Waals surface area contributed by atoms with Crippen molar-refractivity contribution in [2.45, 2.75) is 6.54 Å². The normalized spacial score (nSPS) is 10.3. The van der Waals surface area contributed by atoms with E-state index in [1.807, 2.05) is 22.9 Å². The highest BCUT2D eigenvalue weighted by molar-refractivity contribution is 5.55. The largest absolute Gasteiger partial charge is 0.327 e. The molecule has 1 heterocycles. The van der Waals surface area contributed by atoms with Crippen molar-refractivity contribution in [2.24, 2.45) is 0 Å². The molecule has 3 rings (SSSR count). The molecule has 0 N–H and O–H groups in total. The molecule has 0 aliphatic rings. The molecule has 0 saturated carbocycles. The van der Waals surface area contributed by atoms with Crippen molar-refractivity contribution in [3.63, 3.8) is 0 Å². The maximum Gasteiger partial charge on any atom is 0.140 e. The fourth-order valence-electron chi connectivity index (χ4n) is 2.18. The van der Waals surface area contributed by atoms with Crippen LogP contribution in [0.5, 0.6) is 0 Å². The van der Waals surface area contributed by atoms with Gasteiger partial charge < -0.3 is 4.57 Å². The summed E-state index contributed by atoms with van der Waals surface area (Å²) in [7, 11) is 0. The number of hydrogen-bond donors (Lipinski definition) is 0. The van der Waals surface area contributed by atoms with Crippen LogP contribution in [0.3, 0.4) is 0 Å². The van der Waals surface area contributed by atoms with E-state index in [4.69, 9.17) is 5.26 Å². The quantitative estimate of drug-likeness (QED) is 0.734. The van der Waals surface area contributed by atoms with Crippen molar-refractivity contribution < 1.29 is 4.39 Å². The van der Waals surface area contributed by atoms with E-state index < -0.39 is 0 Å². The first-order chi connectivity index (χ1) is 10.3. The van der Waals surface area contributed by atoms with Crippen LogP contribution in [0, 0.1) is 17.1 Å². The van der Waals surface area contributed by atoms with Gasteiger partial charge in [0.05, 0.1) is 11.6 Å². The minimum atomic E-state index is -0.260. The predicted molar refractivity (Wildman–Crippen MR) is 77.9 cm³/mol. The van der Waals surface area contributed by atoms with Gasteiger partial charge in [-0.05, 0) is 42.0 Å². The molecule has 0 unspecified atom stereocenters. The number of nitrogens with zero attached hydrogens (tertiary/aromatic N) is 3. The summed E-state index contributed by atoms with van der Waals surface area (Å²) in [5, 5.41) is 8.80. The van der Waals surface area contributed by atoms with E-state index in [9.17, 15) is 4.39 Å². The zero-order chi connectivity index (χ0) is 14.7. The van der Waals surface area contributed by atoms with E-state index in [0.717, 1.165) is 17.0 Å². The average Bonchev–Trinajstić information content (AvgIpc) is 2.97. The minimum absolute atomic E-state index is 0.260. The Morgan fingerprint density at radius 3 is 2.43 bits per heavy atom. The Bertz CT molecular complexity index is 780. The summed E-state index contributed by atoms with van der Waals surface area (Å²) < 4.78 is 15.0. The summed E-state index contributed by atoms with van der Waals surface area (Å²) >= 11 is 0. The minimum Gasteiger partial charge on any atom is -0.327 e. The summed E-state index contributed by atoms with van der Waals surface area (Å²) in [6.45, 7) is 0.651. The monoisotopic (exact) mass is 277 g/mol. The second-order valence-electron chi connectivity index (χ2n) is 4.69. The molecule has 2 aromatic carbocycles. The van der Waals surface area contributed by atoms with Gasteiger partial charge in [0.1, 0.15) is 11.6 Å². The number of imidazole rings is 1. The Kier molecular flexibility index (Phi) is 3.48. The topological polar surface area (TPSA) is 41.6 Å². The third kappa shape index (κ3) is 2.82. The summed E-state index contributed by atoms with van der Waals surface area (Å²) in [5.74, 6) is 0.531. The summed E-state index contributed by atoms with van der Waals surface area (Å²) in [4.78, 5) is 4.33. The van der Waals surface area contributed by atoms with Gasteiger partial charge in [-0.15, -0.1) is 0 Å². The smallest absolute Gasteiger partial charge is 0.140 e. The van der Waals surface area contributed by atoms with Crippen LogP contribution in [0.25, 0.3) is 11.4 Å². The number of aromatic nitrogens is 2. The standard InChI is InChI=1S/C17H12FN3/c18-16-7-5-15(6-8-16)17-20-9-10-21(17)12-14-3-1-13(11-19)2-4-14/h1-10H,12H2. The highest BCUT2D eigenvalue weighted by Gasteiger charge is 2.06. The molecular formula is C17H12FN3. The molecule has 102 valence electrons.